The van der Waals surface area contributed by atoms with E-state index in [1.807, 2.05) is 13.8 Å². The van der Waals surface area contributed by atoms with Crippen molar-refractivity contribution in [3.05, 3.63) is 5.02 Å². The molecule has 0 aliphatic heterocycles. The number of nitrogens with zero attached hydrogens (tertiary/aromatic N) is 2. The van der Waals surface area contributed by atoms with Crippen LogP contribution in [0, 0.1) is 0 Å². The number of sulfone groups is 1. The van der Waals surface area contributed by atoms with E-state index in [4.69, 9.17) is 27.9 Å². The number of hydrogen-bond donors (Lipinski definition) is 0. The van der Waals surface area contributed by atoms with Crippen LogP contribution in [-0.4, -0.2) is 36.4 Å². The first-order chi connectivity index (χ1) is 8.64. The molecule has 1 aromatic heterocycles. The molecule has 0 saturated heterocycles. The van der Waals surface area contributed by atoms with Crippen molar-refractivity contribution in [1.82, 2.24) is 9.78 Å². The summed E-state index contributed by atoms with van der Waals surface area (Å²) >= 11 is 13.1. The third-order valence-electron chi connectivity index (χ3n) is 2.20. The van der Waals surface area contributed by atoms with Gasteiger partial charge in [0.2, 0.25) is 0 Å². The van der Waals surface area contributed by atoms with Crippen molar-refractivity contribution in [2.24, 2.45) is 7.05 Å². The molecule has 0 fully saturated rings. The molecule has 0 saturated carbocycles. The second-order valence-corrected chi connectivity index (χ2v) is 13.9. The molecule has 0 radical (unpaired) electrons. The molecule has 1 rings (SSSR count). The molecule has 5 nitrogen and oxygen atoms in total. The van der Waals surface area contributed by atoms with Crippen molar-refractivity contribution in [1.29, 1.82) is 0 Å². The monoisotopic (exact) mass is 362 g/mol. The molecular formula is C9H16ClN2O3PS3. The first-order valence-electron chi connectivity index (χ1n) is 5.50. The van der Waals surface area contributed by atoms with Crippen LogP contribution in [0.3, 0.4) is 0 Å². The highest BCUT2D eigenvalue weighted by atomic mass is 35.5. The summed E-state index contributed by atoms with van der Waals surface area (Å²) < 4.78 is 30.2. The smallest absolute Gasteiger partial charge is 0.257 e. The molecule has 1 heterocycles. The number of aryl methyl sites for hydroxylation is 1. The lowest BCUT2D eigenvalue weighted by molar-refractivity contribution is 0.561. The minimum atomic E-state index is -3.46. The van der Waals surface area contributed by atoms with Gasteiger partial charge in [0.15, 0.2) is 20.3 Å². The third kappa shape index (κ3) is 4.11. The molecule has 0 spiro atoms. The van der Waals surface area contributed by atoms with Crippen molar-refractivity contribution >= 4 is 50.1 Å². The highest BCUT2D eigenvalue weighted by Crippen LogP contribution is 2.59. The standard InChI is InChI=1S/C9H16ClN2O3PS3/c1-5-16(17,18-6-2)15-8-7(10)9(12(3)11-8)19(4,13)14/h5-6H2,1-4H3. The largest absolute Gasteiger partial charge is 0.437 e. The molecule has 1 aromatic rings. The fraction of sp³-hybridized carbons (Fsp3) is 0.667. The first kappa shape index (κ1) is 17.3. The Kier molecular flexibility index (Phi) is 5.78. The predicted octanol–water partition coefficient (Wildman–Crippen LogP) is 2.94. The Hall–Kier alpha value is 0.250. The van der Waals surface area contributed by atoms with Gasteiger partial charge in [-0.05, 0) is 17.6 Å². The topological polar surface area (TPSA) is 61.2 Å². The fourth-order valence-corrected chi connectivity index (χ4v) is 7.44. The van der Waals surface area contributed by atoms with E-state index in [1.54, 1.807) is 11.4 Å². The van der Waals surface area contributed by atoms with Crippen LogP contribution < -0.4 is 4.52 Å². The van der Waals surface area contributed by atoms with E-state index in [1.165, 1.54) is 11.7 Å². The molecule has 0 aromatic carbocycles. The zero-order valence-corrected chi connectivity index (χ0v) is 15.2. The number of rotatable bonds is 6. The molecule has 10 heteroatoms. The Balaban J connectivity index is 3.22. The Morgan fingerprint density at radius 2 is 2.11 bits per heavy atom. The van der Waals surface area contributed by atoms with Gasteiger partial charge in [-0.2, -0.15) is 0 Å². The zero-order valence-electron chi connectivity index (χ0n) is 11.1. The van der Waals surface area contributed by atoms with Gasteiger partial charge < -0.3 is 4.52 Å². The minimum absolute atomic E-state index is 0.00405. The fourth-order valence-electron chi connectivity index (χ4n) is 1.43. The maximum atomic E-state index is 11.6. The Morgan fingerprint density at radius 1 is 1.53 bits per heavy atom. The van der Waals surface area contributed by atoms with Gasteiger partial charge in [0, 0.05) is 19.5 Å². The van der Waals surface area contributed by atoms with E-state index >= 15 is 0 Å². The molecule has 110 valence electrons. The summed E-state index contributed by atoms with van der Waals surface area (Å²) in [5.74, 6) is 0.935. The van der Waals surface area contributed by atoms with Crippen LogP contribution in [0.25, 0.3) is 0 Å². The SMILES string of the molecule is CCSP(=S)(CC)Oc1nn(C)c(S(C)(=O)=O)c1Cl. The molecule has 0 aliphatic carbocycles. The summed E-state index contributed by atoms with van der Waals surface area (Å²) in [7, 11) is -1.95. The Labute approximate surface area is 127 Å². The number of hydrogen-bond acceptors (Lipinski definition) is 6. The van der Waals surface area contributed by atoms with Crippen molar-refractivity contribution in [2.45, 2.75) is 18.9 Å². The van der Waals surface area contributed by atoms with E-state index in [2.05, 4.69) is 5.10 Å². The summed E-state index contributed by atoms with van der Waals surface area (Å²) in [5.41, 5.74) is -2.11. The molecule has 0 amide bonds. The molecule has 1 atom stereocenters. The summed E-state index contributed by atoms with van der Waals surface area (Å²) in [4.78, 5) is 0. The summed E-state index contributed by atoms with van der Waals surface area (Å²) in [6.45, 7) is 3.93. The lowest BCUT2D eigenvalue weighted by Gasteiger charge is -2.18. The zero-order chi connectivity index (χ0) is 14.8. The van der Waals surface area contributed by atoms with Crippen LogP contribution in [0.5, 0.6) is 5.88 Å². The van der Waals surface area contributed by atoms with Gasteiger partial charge >= 0.3 is 0 Å². The van der Waals surface area contributed by atoms with E-state index in [-0.39, 0.29) is 15.9 Å². The van der Waals surface area contributed by atoms with Crippen LogP contribution in [0.15, 0.2) is 5.03 Å². The van der Waals surface area contributed by atoms with Crippen molar-refractivity contribution in [3.63, 3.8) is 0 Å². The van der Waals surface area contributed by atoms with Crippen LogP contribution in [0.4, 0.5) is 0 Å². The lowest BCUT2D eigenvalue weighted by atomic mass is 10.7. The molecule has 19 heavy (non-hydrogen) atoms. The van der Waals surface area contributed by atoms with Crippen LogP contribution >= 0.6 is 28.4 Å². The van der Waals surface area contributed by atoms with Gasteiger partial charge in [-0.1, -0.05) is 36.8 Å². The van der Waals surface area contributed by atoms with Gasteiger partial charge in [-0.15, -0.1) is 5.10 Å². The lowest BCUT2D eigenvalue weighted by Crippen LogP contribution is -2.05. The highest BCUT2D eigenvalue weighted by molar-refractivity contribution is 8.69. The van der Waals surface area contributed by atoms with E-state index < -0.39 is 15.3 Å². The summed E-state index contributed by atoms with van der Waals surface area (Å²) in [6.07, 6.45) is 1.76. The van der Waals surface area contributed by atoms with Crippen molar-refractivity contribution < 1.29 is 12.9 Å². The molecular weight excluding hydrogens is 347 g/mol. The number of halogens is 1. The van der Waals surface area contributed by atoms with Gasteiger partial charge in [0.1, 0.15) is 5.02 Å². The molecule has 0 N–H and O–H groups in total. The van der Waals surface area contributed by atoms with Crippen LogP contribution in [0.2, 0.25) is 5.02 Å². The van der Waals surface area contributed by atoms with Gasteiger partial charge in [0.25, 0.3) is 5.88 Å². The van der Waals surface area contributed by atoms with Crippen LogP contribution in [0.1, 0.15) is 13.8 Å². The van der Waals surface area contributed by atoms with E-state index in [9.17, 15) is 8.42 Å². The number of aromatic nitrogens is 2. The van der Waals surface area contributed by atoms with E-state index in [0.717, 1.165) is 12.0 Å². The average Bonchev–Trinajstić information content (AvgIpc) is 2.53. The van der Waals surface area contributed by atoms with Crippen molar-refractivity contribution in [3.8, 4) is 5.88 Å². The maximum Gasteiger partial charge on any atom is 0.257 e. The summed E-state index contributed by atoms with van der Waals surface area (Å²) in [6, 6.07) is 0. The average molecular weight is 363 g/mol. The van der Waals surface area contributed by atoms with Crippen LogP contribution in [-0.2, 0) is 28.7 Å². The summed E-state index contributed by atoms with van der Waals surface area (Å²) in [5, 5.41) is 3.97. The van der Waals surface area contributed by atoms with E-state index in [0.29, 0.717) is 6.16 Å². The van der Waals surface area contributed by atoms with Gasteiger partial charge in [0.05, 0.1) is 0 Å². The quantitative estimate of drug-likeness (QED) is 0.725. The van der Waals surface area contributed by atoms with Crippen molar-refractivity contribution in [2.75, 3.05) is 18.2 Å². The second-order valence-electron chi connectivity index (χ2n) is 3.76. The molecule has 0 aliphatic rings. The normalized spacial score (nSPS) is 15.2. The maximum absolute atomic E-state index is 11.6. The van der Waals surface area contributed by atoms with Gasteiger partial charge in [-0.3, -0.25) is 4.68 Å². The highest BCUT2D eigenvalue weighted by Gasteiger charge is 2.27. The van der Waals surface area contributed by atoms with Gasteiger partial charge in [-0.25, -0.2) is 8.42 Å². The molecule has 1 unspecified atom stereocenters. The molecule has 0 bridgehead atoms. The third-order valence-corrected chi connectivity index (χ3v) is 10.6. The predicted molar refractivity (Wildman–Crippen MR) is 84.9 cm³/mol. The Morgan fingerprint density at radius 3 is 2.47 bits per heavy atom. The second kappa shape index (κ2) is 6.35. The first-order valence-corrected chi connectivity index (χ1v) is 12.3. The Bertz CT molecular complexity index is 614. The minimum Gasteiger partial charge on any atom is -0.437 e.